The van der Waals surface area contributed by atoms with E-state index in [0.717, 1.165) is 16.7 Å². The molecule has 0 spiro atoms. The van der Waals surface area contributed by atoms with Crippen molar-refractivity contribution >= 4 is 29.7 Å². The van der Waals surface area contributed by atoms with Crippen LogP contribution in [0.4, 0.5) is 0 Å². The zero-order chi connectivity index (χ0) is 35.6. The van der Waals surface area contributed by atoms with Crippen LogP contribution in [-0.4, -0.2) is 99.2 Å². The molecule has 7 rings (SSSR count). The van der Waals surface area contributed by atoms with Gasteiger partial charge in [0.2, 0.25) is 12.9 Å². The third-order valence-electron chi connectivity index (χ3n) is 10.2. The second kappa shape index (κ2) is 13.1. The van der Waals surface area contributed by atoms with Crippen LogP contribution in [0.25, 0.3) is 0 Å². The number of thioether (sulfide) groups is 1. The second-order valence-corrected chi connectivity index (χ2v) is 14.2. The molecule has 4 bridgehead atoms. The van der Waals surface area contributed by atoms with Crippen LogP contribution in [0.2, 0.25) is 0 Å². The van der Waals surface area contributed by atoms with Crippen LogP contribution in [0.3, 0.4) is 0 Å². The molecule has 5 aliphatic rings. The predicted octanol–water partition coefficient (Wildman–Crippen LogP) is 3.44. The molecule has 0 radical (unpaired) electrons. The summed E-state index contributed by atoms with van der Waals surface area (Å²) < 4.78 is 47.1. The van der Waals surface area contributed by atoms with Crippen molar-refractivity contribution in [3.8, 4) is 34.8 Å². The van der Waals surface area contributed by atoms with Gasteiger partial charge in [0.1, 0.15) is 18.4 Å². The number of ether oxygens (including phenoxy) is 8. The van der Waals surface area contributed by atoms with Gasteiger partial charge in [-0.25, -0.2) is 4.79 Å². The quantitative estimate of drug-likeness (QED) is 0.244. The number of carbonyl (C=O) groups is 3. The van der Waals surface area contributed by atoms with Crippen molar-refractivity contribution in [3.05, 3.63) is 39.4 Å². The third kappa shape index (κ3) is 5.23. The summed E-state index contributed by atoms with van der Waals surface area (Å²) in [6.07, 6.45) is -0.655. The van der Waals surface area contributed by atoms with Gasteiger partial charge in [-0.1, -0.05) is 6.07 Å². The summed E-state index contributed by atoms with van der Waals surface area (Å²) in [6.45, 7) is 6.06. The minimum Gasteiger partial charge on any atom is -0.493 e. The molecule has 50 heavy (non-hydrogen) atoms. The van der Waals surface area contributed by atoms with Crippen molar-refractivity contribution in [2.45, 2.75) is 75.7 Å². The Balaban J connectivity index is 1.54. The molecular formula is C35H39N3O11S. The van der Waals surface area contributed by atoms with Crippen LogP contribution >= 0.6 is 11.8 Å². The van der Waals surface area contributed by atoms with Gasteiger partial charge < -0.3 is 37.9 Å². The zero-order valence-electron chi connectivity index (χ0n) is 28.9. The Morgan fingerprint density at radius 1 is 1.04 bits per heavy atom. The van der Waals surface area contributed by atoms with Crippen molar-refractivity contribution in [1.29, 1.82) is 5.26 Å². The van der Waals surface area contributed by atoms with Crippen molar-refractivity contribution in [3.63, 3.8) is 0 Å². The molecule has 0 aliphatic carbocycles. The van der Waals surface area contributed by atoms with E-state index in [2.05, 4.69) is 21.9 Å². The summed E-state index contributed by atoms with van der Waals surface area (Å²) in [6, 6.07) is 2.14. The van der Waals surface area contributed by atoms with Crippen LogP contribution < -0.4 is 23.7 Å². The maximum absolute atomic E-state index is 13.5. The van der Waals surface area contributed by atoms with Crippen LogP contribution in [-0.2, 0) is 35.0 Å². The van der Waals surface area contributed by atoms with Crippen LogP contribution in [0, 0.1) is 25.2 Å². The Labute approximate surface area is 293 Å². The number of carbonyl (C=O) groups excluding carboxylic acids is 3. The lowest BCUT2D eigenvalue weighted by Crippen LogP contribution is -2.69. The van der Waals surface area contributed by atoms with Crippen molar-refractivity contribution in [1.82, 2.24) is 9.80 Å². The van der Waals surface area contributed by atoms with E-state index >= 15 is 0 Å². The first kappa shape index (κ1) is 34.2. The van der Waals surface area contributed by atoms with Crippen molar-refractivity contribution in [2.24, 2.45) is 0 Å². The fourth-order valence-electron chi connectivity index (χ4n) is 8.47. The number of hydrogen-bond donors (Lipinski definition) is 0. The summed E-state index contributed by atoms with van der Waals surface area (Å²) in [5, 5.41) is 10.4. The summed E-state index contributed by atoms with van der Waals surface area (Å²) in [5.74, 6) is 0.508. The maximum Gasteiger partial charge on any atom is 0.348 e. The monoisotopic (exact) mass is 709 g/mol. The number of nitrogens with zero attached hydrogens (tertiary/aromatic N) is 3. The van der Waals surface area contributed by atoms with Gasteiger partial charge in [-0.15, -0.1) is 11.8 Å². The number of fused-ring (bicyclic) bond motifs is 9. The van der Waals surface area contributed by atoms with E-state index in [4.69, 9.17) is 37.9 Å². The highest BCUT2D eigenvalue weighted by Gasteiger charge is 2.61. The molecule has 2 aromatic rings. The number of piperazine rings is 1. The summed E-state index contributed by atoms with van der Waals surface area (Å²) in [7, 11) is 5.15. The summed E-state index contributed by atoms with van der Waals surface area (Å²) >= 11 is 1.37. The summed E-state index contributed by atoms with van der Waals surface area (Å²) in [5.41, 5.74) is 4.68. The molecule has 2 fully saturated rings. The maximum atomic E-state index is 13.5. The van der Waals surface area contributed by atoms with Gasteiger partial charge in [0, 0.05) is 61.0 Å². The number of nitriles is 1. The Hall–Kier alpha value is -4.23. The number of esters is 3. The first-order valence-electron chi connectivity index (χ1n) is 16.3. The lowest BCUT2D eigenvalue weighted by molar-refractivity contribution is -0.168. The van der Waals surface area contributed by atoms with Gasteiger partial charge >= 0.3 is 17.9 Å². The fourth-order valence-corrected chi connectivity index (χ4v) is 9.94. The molecule has 2 saturated heterocycles. The first-order valence-corrected chi connectivity index (χ1v) is 17.4. The molecule has 1 unspecified atom stereocenters. The smallest absolute Gasteiger partial charge is 0.348 e. The second-order valence-electron chi connectivity index (χ2n) is 13.0. The molecule has 5 aliphatic heterocycles. The van der Waals surface area contributed by atoms with Crippen molar-refractivity contribution in [2.75, 3.05) is 47.2 Å². The van der Waals surface area contributed by atoms with Crippen molar-refractivity contribution < 1.29 is 52.3 Å². The van der Waals surface area contributed by atoms with E-state index in [1.54, 1.807) is 14.2 Å². The molecule has 14 nitrogen and oxygen atoms in total. The molecule has 7 atom stereocenters. The van der Waals surface area contributed by atoms with Crippen LogP contribution in [0.1, 0.15) is 64.6 Å². The van der Waals surface area contributed by atoms with Crippen LogP contribution in [0.15, 0.2) is 6.07 Å². The Morgan fingerprint density at radius 3 is 2.48 bits per heavy atom. The molecule has 15 heteroatoms. The van der Waals surface area contributed by atoms with Gasteiger partial charge in [0.15, 0.2) is 29.8 Å². The number of benzene rings is 2. The number of cyclic esters (lactones) is 1. The average molecular weight is 710 g/mol. The van der Waals surface area contributed by atoms with E-state index in [0.29, 0.717) is 51.9 Å². The highest BCUT2D eigenvalue weighted by atomic mass is 32.2. The Morgan fingerprint density at radius 2 is 1.80 bits per heavy atom. The zero-order valence-corrected chi connectivity index (χ0v) is 29.7. The Bertz CT molecular complexity index is 1810. The third-order valence-corrected chi connectivity index (χ3v) is 11.6. The number of hydrogen-bond acceptors (Lipinski definition) is 15. The van der Waals surface area contributed by atoms with Gasteiger partial charge in [0.05, 0.1) is 30.5 Å². The average Bonchev–Trinajstić information content (AvgIpc) is 3.56. The summed E-state index contributed by atoms with van der Waals surface area (Å²) in [4.78, 5) is 42.7. The highest BCUT2D eigenvalue weighted by Crippen LogP contribution is 2.64. The number of methoxy groups -OCH3 is 2. The van der Waals surface area contributed by atoms with E-state index in [1.807, 2.05) is 20.9 Å². The van der Waals surface area contributed by atoms with Gasteiger partial charge in [-0.2, -0.15) is 5.26 Å². The normalized spacial score (nSPS) is 28.0. The molecule has 0 N–H and O–H groups in total. The van der Waals surface area contributed by atoms with E-state index < -0.39 is 53.4 Å². The lowest BCUT2D eigenvalue weighted by atomic mass is 9.71. The molecule has 266 valence electrons. The molecule has 5 heterocycles. The fraction of sp³-hybridized carbons (Fsp3) is 0.543. The van der Waals surface area contributed by atoms with Gasteiger partial charge in [0.25, 0.3) is 0 Å². The predicted molar refractivity (Wildman–Crippen MR) is 176 cm³/mol. The number of likely N-dealkylation sites (N-methyl/N-ethyl adjacent to an activating group) is 1. The van der Waals surface area contributed by atoms with E-state index in [9.17, 15) is 19.6 Å². The Kier molecular flexibility index (Phi) is 9.00. The van der Waals surface area contributed by atoms with Gasteiger partial charge in [-0.3, -0.25) is 19.4 Å². The first-order chi connectivity index (χ1) is 24.0. The minimum atomic E-state index is -1.19. The SMILES string of the molecule is COCOc1c(OC)c(C)cc2c1[C@@H]1C3[C@@H]4SC[C@@H](OC(C)=O)C(=O)OC[C@H](c5c6c(c(C)c(OC(C)=O)c54)OCO6)N3[C@@H](C#N)[C@H](C2)N1C. The highest BCUT2D eigenvalue weighted by molar-refractivity contribution is 7.99. The van der Waals surface area contributed by atoms with Gasteiger partial charge in [-0.05, 0) is 38.4 Å². The molecule has 0 aromatic heterocycles. The molecule has 0 amide bonds. The minimum absolute atomic E-state index is 0.0236. The lowest BCUT2D eigenvalue weighted by Gasteiger charge is -2.61. The van der Waals surface area contributed by atoms with Crippen LogP contribution in [0.5, 0.6) is 28.7 Å². The largest absolute Gasteiger partial charge is 0.493 e. The number of rotatable bonds is 6. The van der Waals surface area contributed by atoms with E-state index in [-0.39, 0.29) is 32.0 Å². The van der Waals surface area contributed by atoms with E-state index in [1.165, 1.54) is 25.6 Å². The standard InChI is InChI=1S/C35H39N3O11S/c1-15-8-19-9-20-21(10-36)38-22-11-44-35(41)23(48-17(3)39)12-50-34(26-25(22)33-31(46-14-47-33)16(2)30(26)49-18(4)40)28(38)27(37(20)5)24(19)32(29(15)43-7)45-13-42-6/h8,20-23,27-28,34H,9,11-14H2,1-7H3/t20-,21-,22+,23+,27+,28?,34+/m0/s1. The topological polar surface area (TPSA) is 155 Å². The molecule has 0 saturated carbocycles. The number of aryl methyl sites for hydroxylation is 1. The molecular weight excluding hydrogens is 670 g/mol. The molecule has 2 aromatic carbocycles.